The predicted octanol–water partition coefficient (Wildman–Crippen LogP) is 4.14. The molecule has 1 aromatic carbocycles. The van der Waals surface area contributed by atoms with E-state index in [1.165, 1.54) is 36.0 Å². The molecule has 0 aliphatic rings. The number of benzene rings is 1. The van der Waals surface area contributed by atoms with Gasteiger partial charge < -0.3 is 9.84 Å². The molecule has 138 valence electrons. The van der Waals surface area contributed by atoms with E-state index in [0.29, 0.717) is 22.0 Å². The van der Waals surface area contributed by atoms with Gasteiger partial charge in [-0.15, -0.1) is 11.8 Å². The first-order chi connectivity index (χ1) is 13.0. The smallest absolute Gasteiger partial charge is 0.269 e. The van der Waals surface area contributed by atoms with Crippen LogP contribution in [0.15, 0.2) is 52.1 Å². The number of nitrogens with one attached hydrogen (secondary N) is 1. The number of aromatic nitrogens is 2. The summed E-state index contributed by atoms with van der Waals surface area (Å²) in [6.45, 7) is 3.71. The van der Waals surface area contributed by atoms with Crippen molar-refractivity contribution in [2.24, 2.45) is 0 Å². The maximum Gasteiger partial charge on any atom is 0.269 e. The van der Waals surface area contributed by atoms with E-state index in [0.717, 1.165) is 17.0 Å². The van der Waals surface area contributed by atoms with Gasteiger partial charge in [-0.05, 0) is 38.1 Å². The fourth-order valence-electron chi connectivity index (χ4n) is 2.39. The molecule has 8 nitrogen and oxygen atoms in total. The van der Waals surface area contributed by atoms with Crippen LogP contribution in [0.1, 0.15) is 27.4 Å². The Morgan fingerprint density at radius 2 is 2.00 bits per heavy atom. The minimum absolute atomic E-state index is 0.0370. The molecular weight excluding hydrogens is 368 g/mol. The van der Waals surface area contributed by atoms with Crippen molar-refractivity contribution in [3.63, 3.8) is 0 Å². The van der Waals surface area contributed by atoms with Crippen LogP contribution in [0.4, 0.5) is 11.4 Å². The molecule has 0 spiro atoms. The molecule has 9 heteroatoms. The summed E-state index contributed by atoms with van der Waals surface area (Å²) in [4.78, 5) is 27.1. The van der Waals surface area contributed by atoms with Crippen molar-refractivity contribution in [3.05, 3.63) is 75.3 Å². The molecule has 1 amide bonds. The lowest BCUT2D eigenvalue weighted by atomic mass is 10.2. The van der Waals surface area contributed by atoms with Gasteiger partial charge in [0.15, 0.2) is 0 Å². The summed E-state index contributed by atoms with van der Waals surface area (Å²) in [5, 5.41) is 18.0. The van der Waals surface area contributed by atoms with Gasteiger partial charge in [0.2, 0.25) is 0 Å². The fourth-order valence-corrected chi connectivity index (χ4v) is 3.54. The van der Waals surface area contributed by atoms with Crippen LogP contribution >= 0.6 is 11.8 Å². The number of pyridine rings is 1. The molecule has 1 N–H and O–H groups in total. The van der Waals surface area contributed by atoms with Crippen molar-refractivity contribution >= 4 is 29.0 Å². The number of rotatable bonds is 6. The van der Waals surface area contributed by atoms with E-state index in [1.807, 2.05) is 13.8 Å². The van der Waals surface area contributed by atoms with Crippen LogP contribution in [0, 0.1) is 24.0 Å². The third kappa shape index (κ3) is 4.32. The standard InChI is InChI=1S/C18H16N4O4S/c1-11-16(12(2)26-21-11)10-27-18-15(4-3-9-19-18)17(23)20-13-5-7-14(8-6-13)22(24)25/h3-9H,10H2,1-2H3,(H,20,23). The molecule has 0 bridgehead atoms. The summed E-state index contributed by atoms with van der Waals surface area (Å²) in [5.74, 6) is 0.988. The topological polar surface area (TPSA) is 111 Å². The van der Waals surface area contributed by atoms with E-state index in [4.69, 9.17) is 4.52 Å². The number of anilines is 1. The van der Waals surface area contributed by atoms with Crippen LogP contribution in [0.5, 0.6) is 0 Å². The number of nitro groups is 1. The quantitative estimate of drug-likeness (QED) is 0.386. The zero-order valence-electron chi connectivity index (χ0n) is 14.6. The Morgan fingerprint density at radius 3 is 2.63 bits per heavy atom. The summed E-state index contributed by atoms with van der Waals surface area (Å²) in [7, 11) is 0. The molecule has 0 fully saturated rings. The van der Waals surface area contributed by atoms with Gasteiger partial charge in [-0.3, -0.25) is 14.9 Å². The maximum absolute atomic E-state index is 12.6. The van der Waals surface area contributed by atoms with Gasteiger partial charge >= 0.3 is 0 Å². The Hall–Kier alpha value is -3.20. The van der Waals surface area contributed by atoms with Gasteiger partial charge in [-0.25, -0.2) is 4.98 Å². The van der Waals surface area contributed by atoms with Gasteiger partial charge in [-0.1, -0.05) is 5.16 Å². The minimum Gasteiger partial charge on any atom is -0.361 e. The van der Waals surface area contributed by atoms with Gasteiger partial charge in [0.25, 0.3) is 11.6 Å². The Kier molecular flexibility index (Phi) is 5.51. The zero-order valence-corrected chi connectivity index (χ0v) is 15.4. The van der Waals surface area contributed by atoms with Crippen LogP contribution < -0.4 is 5.32 Å². The van der Waals surface area contributed by atoms with Crippen molar-refractivity contribution in [2.45, 2.75) is 24.6 Å². The molecule has 0 saturated carbocycles. The molecule has 0 atom stereocenters. The van der Waals surface area contributed by atoms with E-state index < -0.39 is 4.92 Å². The zero-order chi connectivity index (χ0) is 19.4. The molecule has 0 saturated heterocycles. The first-order valence-corrected chi connectivity index (χ1v) is 8.99. The number of non-ortho nitro benzene ring substituents is 1. The van der Waals surface area contributed by atoms with E-state index in [2.05, 4.69) is 15.5 Å². The Bertz CT molecular complexity index is 966. The summed E-state index contributed by atoms with van der Waals surface area (Å²) in [5.41, 5.74) is 2.65. The molecule has 2 aromatic heterocycles. The summed E-state index contributed by atoms with van der Waals surface area (Å²) < 4.78 is 5.16. The Morgan fingerprint density at radius 1 is 1.26 bits per heavy atom. The first-order valence-electron chi connectivity index (χ1n) is 8.01. The lowest BCUT2D eigenvalue weighted by Crippen LogP contribution is -2.13. The van der Waals surface area contributed by atoms with Crippen molar-refractivity contribution in [1.82, 2.24) is 10.1 Å². The van der Waals surface area contributed by atoms with Crippen LogP contribution in [0.3, 0.4) is 0 Å². The largest absolute Gasteiger partial charge is 0.361 e. The highest BCUT2D eigenvalue weighted by molar-refractivity contribution is 7.98. The summed E-state index contributed by atoms with van der Waals surface area (Å²) in [6, 6.07) is 9.03. The second-order valence-corrected chi connectivity index (χ2v) is 6.67. The number of nitro benzene ring substituents is 1. The summed E-state index contributed by atoms with van der Waals surface area (Å²) >= 11 is 1.42. The van der Waals surface area contributed by atoms with Crippen molar-refractivity contribution < 1.29 is 14.2 Å². The number of carbonyl (C=O) groups is 1. The monoisotopic (exact) mass is 384 g/mol. The Labute approximate surface area is 159 Å². The molecule has 0 radical (unpaired) electrons. The van der Waals surface area contributed by atoms with E-state index in [-0.39, 0.29) is 11.6 Å². The number of hydrogen-bond donors (Lipinski definition) is 1. The third-order valence-corrected chi connectivity index (χ3v) is 4.92. The normalized spacial score (nSPS) is 10.6. The number of amides is 1. The van der Waals surface area contributed by atoms with Crippen molar-refractivity contribution in [2.75, 3.05) is 5.32 Å². The van der Waals surface area contributed by atoms with E-state index in [9.17, 15) is 14.9 Å². The number of aryl methyl sites for hydroxylation is 2. The van der Waals surface area contributed by atoms with Crippen LogP contribution in [-0.2, 0) is 5.75 Å². The second kappa shape index (κ2) is 8.00. The molecule has 0 aliphatic carbocycles. The highest BCUT2D eigenvalue weighted by atomic mass is 32.2. The SMILES string of the molecule is Cc1noc(C)c1CSc1ncccc1C(=O)Nc1ccc([N+](=O)[O-])cc1. The summed E-state index contributed by atoms with van der Waals surface area (Å²) in [6.07, 6.45) is 1.62. The minimum atomic E-state index is -0.490. The van der Waals surface area contributed by atoms with E-state index in [1.54, 1.807) is 18.3 Å². The van der Waals surface area contributed by atoms with E-state index >= 15 is 0 Å². The fraction of sp³-hybridized carbons (Fsp3) is 0.167. The van der Waals surface area contributed by atoms with Crippen LogP contribution in [0.2, 0.25) is 0 Å². The van der Waals surface area contributed by atoms with Gasteiger partial charge in [0.1, 0.15) is 10.8 Å². The number of nitrogens with zero attached hydrogens (tertiary/aromatic N) is 3. The Balaban J connectivity index is 1.74. The van der Waals surface area contributed by atoms with Gasteiger partial charge in [0.05, 0.1) is 16.2 Å². The van der Waals surface area contributed by atoms with Gasteiger partial charge in [0, 0.05) is 35.3 Å². The average Bonchev–Trinajstić information content (AvgIpc) is 2.98. The van der Waals surface area contributed by atoms with Crippen molar-refractivity contribution in [3.8, 4) is 0 Å². The lowest BCUT2D eigenvalue weighted by molar-refractivity contribution is -0.384. The predicted molar refractivity (Wildman–Crippen MR) is 101 cm³/mol. The van der Waals surface area contributed by atoms with Crippen LogP contribution in [-0.4, -0.2) is 21.0 Å². The highest BCUT2D eigenvalue weighted by Crippen LogP contribution is 2.27. The van der Waals surface area contributed by atoms with Gasteiger partial charge in [-0.2, -0.15) is 0 Å². The molecule has 0 unspecified atom stereocenters. The number of thioether (sulfide) groups is 1. The van der Waals surface area contributed by atoms with Crippen molar-refractivity contribution in [1.29, 1.82) is 0 Å². The molecule has 3 rings (SSSR count). The maximum atomic E-state index is 12.6. The molecule has 3 aromatic rings. The molecule has 2 heterocycles. The average molecular weight is 384 g/mol. The molecule has 27 heavy (non-hydrogen) atoms. The second-order valence-electron chi connectivity index (χ2n) is 5.71. The molecular formula is C18H16N4O4S. The van der Waals surface area contributed by atoms with Crippen LogP contribution in [0.25, 0.3) is 0 Å². The molecule has 0 aliphatic heterocycles. The highest BCUT2D eigenvalue weighted by Gasteiger charge is 2.16. The number of carbonyl (C=O) groups excluding carboxylic acids is 1. The first kappa shape index (κ1) is 18.6. The number of hydrogen-bond acceptors (Lipinski definition) is 7. The third-order valence-electron chi connectivity index (χ3n) is 3.89. The lowest BCUT2D eigenvalue weighted by Gasteiger charge is -2.09.